The molecule has 0 bridgehead atoms. The van der Waals surface area contributed by atoms with Gasteiger partial charge in [0.1, 0.15) is 18.1 Å². The SMILES string of the molecule is CS(=O)(=O)/N=C(\N)NC(=O)OCc1ccc(Oc2ccc3ncccc3c2)cc1.Cl.Cl. The molecule has 9 nitrogen and oxygen atoms in total. The monoisotopic (exact) mass is 486 g/mol. The van der Waals surface area contributed by atoms with Crippen molar-refractivity contribution < 1.29 is 22.7 Å². The van der Waals surface area contributed by atoms with Crippen molar-refractivity contribution in [2.24, 2.45) is 10.1 Å². The van der Waals surface area contributed by atoms with E-state index in [1.54, 1.807) is 30.5 Å². The van der Waals surface area contributed by atoms with Crippen molar-refractivity contribution >= 4 is 57.8 Å². The van der Waals surface area contributed by atoms with Crippen LogP contribution in [0.1, 0.15) is 5.56 Å². The summed E-state index contributed by atoms with van der Waals surface area (Å²) < 4.78 is 35.8. The average molecular weight is 487 g/mol. The van der Waals surface area contributed by atoms with Gasteiger partial charge in [-0.1, -0.05) is 18.2 Å². The number of ether oxygens (including phenoxy) is 2. The van der Waals surface area contributed by atoms with Crippen LogP contribution in [0, 0.1) is 0 Å². The van der Waals surface area contributed by atoms with Crippen molar-refractivity contribution in [2.75, 3.05) is 6.26 Å². The highest BCUT2D eigenvalue weighted by Gasteiger charge is 2.07. The molecule has 1 amide bonds. The van der Waals surface area contributed by atoms with Gasteiger partial charge in [-0.25, -0.2) is 13.2 Å². The number of aromatic nitrogens is 1. The molecule has 3 aromatic rings. The van der Waals surface area contributed by atoms with Crippen LogP contribution in [0.4, 0.5) is 4.79 Å². The summed E-state index contributed by atoms with van der Waals surface area (Å²) in [5, 5.41) is 2.99. The number of carbonyl (C=O) groups excluding carboxylic acids is 1. The van der Waals surface area contributed by atoms with Crippen LogP contribution in [0.15, 0.2) is 65.2 Å². The number of sulfonamides is 1. The summed E-state index contributed by atoms with van der Waals surface area (Å²) in [5.41, 5.74) is 6.88. The molecule has 0 fully saturated rings. The second kappa shape index (κ2) is 11.3. The van der Waals surface area contributed by atoms with E-state index in [0.29, 0.717) is 17.1 Å². The van der Waals surface area contributed by atoms with Crippen LogP contribution in [0.2, 0.25) is 0 Å². The number of alkyl carbamates (subject to hydrolysis) is 1. The number of nitrogens with two attached hydrogens (primary N) is 1. The number of amides is 1. The predicted octanol–water partition coefficient (Wildman–Crippen LogP) is 3.37. The van der Waals surface area contributed by atoms with Crippen LogP contribution < -0.4 is 15.8 Å². The molecular weight excluding hydrogens is 467 g/mol. The van der Waals surface area contributed by atoms with Crippen LogP contribution in [-0.4, -0.2) is 31.7 Å². The van der Waals surface area contributed by atoms with Gasteiger partial charge >= 0.3 is 6.09 Å². The fourth-order valence-electron chi connectivity index (χ4n) is 2.40. The standard InChI is InChI=1S/C19H18N4O5S.2ClH/c1-29(25,26)23-18(20)22-19(24)27-12-13-4-6-15(7-5-13)28-16-8-9-17-14(11-16)3-2-10-21-17;;/h2-11H,12H2,1H3,(H3,20,22,23,24);2*1H. The molecular formula is C19H20Cl2N4O5S. The molecule has 0 unspecified atom stereocenters. The molecule has 166 valence electrons. The van der Waals surface area contributed by atoms with Crippen molar-refractivity contribution in [1.82, 2.24) is 10.3 Å². The van der Waals surface area contributed by atoms with Gasteiger partial charge in [0.05, 0.1) is 11.8 Å². The van der Waals surface area contributed by atoms with Crippen LogP contribution in [-0.2, 0) is 21.4 Å². The molecule has 2 aromatic carbocycles. The van der Waals surface area contributed by atoms with Crippen LogP contribution in [0.5, 0.6) is 11.5 Å². The molecule has 31 heavy (non-hydrogen) atoms. The second-order valence-electron chi connectivity index (χ2n) is 6.01. The molecule has 0 aliphatic carbocycles. The van der Waals surface area contributed by atoms with Crippen molar-refractivity contribution in [3.8, 4) is 11.5 Å². The molecule has 1 aromatic heterocycles. The van der Waals surface area contributed by atoms with Crippen LogP contribution in [0.25, 0.3) is 10.9 Å². The number of guanidine groups is 1. The smallest absolute Gasteiger partial charge is 0.414 e. The number of carbonyl (C=O) groups is 1. The number of rotatable bonds is 5. The summed E-state index contributed by atoms with van der Waals surface area (Å²) in [7, 11) is -3.70. The molecule has 0 spiro atoms. The predicted molar refractivity (Wildman–Crippen MR) is 123 cm³/mol. The van der Waals surface area contributed by atoms with Crippen molar-refractivity contribution in [3.05, 3.63) is 66.4 Å². The van der Waals surface area contributed by atoms with Gasteiger partial charge < -0.3 is 15.2 Å². The van der Waals surface area contributed by atoms with Gasteiger partial charge in [-0.15, -0.1) is 29.2 Å². The summed E-state index contributed by atoms with van der Waals surface area (Å²) >= 11 is 0. The third kappa shape index (κ3) is 8.28. The molecule has 0 saturated heterocycles. The zero-order valence-corrected chi connectivity index (χ0v) is 18.7. The first-order chi connectivity index (χ1) is 13.8. The Morgan fingerprint density at radius 2 is 1.77 bits per heavy atom. The zero-order chi connectivity index (χ0) is 20.9. The lowest BCUT2D eigenvalue weighted by atomic mass is 10.2. The fraction of sp³-hybridized carbons (Fsp3) is 0.105. The minimum atomic E-state index is -3.70. The topological polar surface area (TPSA) is 133 Å². The number of hydrogen-bond donors (Lipinski definition) is 2. The summed E-state index contributed by atoms with van der Waals surface area (Å²) in [6, 6.07) is 16.4. The molecule has 3 N–H and O–H groups in total. The van der Waals surface area contributed by atoms with E-state index in [4.69, 9.17) is 15.2 Å². The van der Waals surface area contributed by atoms with Gasteiger partial charge in [0.25, 0.3) is 10.0 Å². The largest absolute Gasteiger partial charge is 0.457 e. The highest BCUT2D eigenvalue weighted by atomic mass is 35.5. The van der Waals surface area contributed by atoms with Crippen molar-refractivity contribution in [3.63, 3.8) is 0 Å². The molecule has 0 aliphatic heterocycles. The number of hydrogen-bond acceptors (Lipinski definition) is 6. The van der Waals surface area contributed by atoms with E-state index in [2.05, 4.69) is 9.38 Å². The Bertz CT molecular complexity index is 1170. The molecule has 0 saturated carbocycles. The van der Waals surface area contributed by atoms with Gasteiger partial charge in [0, 0.05) is 11.6 Å². The maximum atomic E-state index is 11.6. The highest BCUT2D eigenvalue weighted by Crippen LogP contribution is 2.25. The quantitative estimate of drug-likeness (QED) is 0.416. The summed E-state index contributed by atoms with van der Waals surface area (Å²) in [4.78, 5) is 15.9. The normalized spacial score (nSPS) is 11.1. The summed E-state index contributed by atoms with van der Waals surface area (Å²) in [6.07, 6.45) is 1.67. The van der Waals surface area contributed by atoms with E-state index < -0.39 is 22.1 Å². The molecule has 12 heteroatoms. The summed E-state index contributed by atoms with van der Waals surface area (Å²) in [5.74, 6) is 0.729. The van der Waals surface area contributed by atoms with Crippen molar-refractivity contribution in [2.45, 2.75) is 6.61 Å². The minimum absolute atomic E-state index is 0. The Balaban J connectivity index is 0.00000240. The first-order valence-corrected chi connectivity index (χ1v) is 10.2. The van der Waals surface area contributed by atoms with E-state index in [-0.39, 0.29) is 31.4 Å². The Hall–Kier alpha value is -3.08. The van der Waals surface area contributed by atoms with E-state index in [0.717, 1.165) is 17.2 Å². The maximum absolute atomic E-state index is 11.6. The van der Waals surface area contributed by atoms with E-state index in [1.165, 1.54) is 0 Å². The average Bonchev–Trinajstić information content (AvgIpc) is 2.66. The first kappa shape index (κ1) is 26.0. The third-order valence-corrected chi connectivity index (χ3v) is 4.13. The molecule has 3 rings (SSSR count). The molecule has 0 atom stereocenters. The second-order valence-corrected chi connectivity index (χ2v) is 7.66. The van der Waals surface area contributed by atoms with E-state index in [1.807, 2.05) is 35.6 Å². The lowest BCUT2D eigenvalue weighted by Gasteiger charge is -2.09. The number of nitrogens with one attached hydrogen (secondary N) is 1. The first-order valence-electron chi connectivity index (χ1n) is 8.39. The van der Waals surface area contributed by atoms with E-state index >= 15 is 0 Å². The van der Waals surface area contributed by atoms with Gasteiger partial charge in [-0.2, -0.15) is 0 Å². The molecule has 1 heterocycles. The fourth-order valence-corrected chi connectivity index (χ4v) is 2.80. The van der Waals surface area contributed by atoms with Crippen LogP contribution >= 0.6 is 24.8 Å². The number of pyridine rings is 1. The third-order valence-electron chi connectivity index (χ3n) is 3.60. The zero-order valence-electron chi connectivity index (χ0n) is 16.2. The number of halogens is 2. The van der Waals surface area contributed by atoms with Gasteiger partial charge in [-0.3, -0.25) is 10.3 Å². The lowest BCUT2D eigenvalue weighted by Crippen LogP contribution is -2.37. The maximum Gasteiger partial charge on any atom is 0.414 e. The Morgan fingerprint density at radius 1 is 1.10 bits per heavy atom. The lowest BCUT2D eigenvalue weighted by molar-refractivity contribution is 0.145. The van der Waals surface area contributed by atoms with Crippen molar-refractivity contribution in [1.29, 1.82) is 0 Å². The van der Waals surface area contributed by atoms with E-state index in [9.17, 15) is 13.2 Å². The number of nitrogens with zero attached hydrogens (tertiary/aromatic N) is 2. The number of fused-ring (bicyclic) bond motifs is 1. The van der Waals surface area contributed by atoms with Crippen LogP contribution in [0.3, 0.4) is 0 Å². The van der Waals surface area contributed by atoms with Gasteiger partial charge in [-0.05, 0) is 42.0 Å². The highest BCUT2D eigenvalue weighted by molar-refractivity contribution is 7.89. The number of benzene rings is 2. The Labute approximate surface area is 191 Å². The Morgan fingerprint density at radius 3 is 2.45 bits per heavy atom. The molecule has 0 radical (unpaired) electrons. The van der Waals surface area contributed by atoms with Gasteiger partial charge in [0.15, 0.2) is 0 Å². The Kier molecular flexibility index (Phi) is 9.50. The minimum Gasteiger partial charge on any atom is -0.457 e. The van der Waals surface area contributed by atoms with Gasteiger partial charge in [0.2, 0.25) is 5.96 Å². The summed E-state index contributed by atoms with van der Waals surface area (Å²) in [6.45, 7) is -0.0418. The molecule has 0 aliphatic rings.